The number of carbonyl (C=O) groups excluding carboxylic acids is 1. The zero-order valence-electron chi connectivity index (χ0n) is 9.92. The number of nitrogens with one attached hydrogen (secondary N) is 1. The minimum Gasteiger partial charge on any atom is -0.381 e. The first-order valence-corrected chi connectivity index (χ1v) is 6.35. The molecule has 98 valence electrons. The van der Waals surface area contributed by atoms with Crippen molar-refractivity contribution in [3.63, 3.8) is 0 Å². The summed E-state index contributed by atoms with van der Waals surface area (Å²) in [4.78, 5) is 11.8. The molecule has 0 radical (unpaired) electrons. The van der Waals surface area contributed by atoms with Gasteiger partial charge in [-0.1, -0.05) is 11.6 Å². The Kier molecular flexibility index (Phi) is 4.55. The summed E-state index contributed by atoms with van der Waals surface area (Å²) < 4.78 is 18.1. The SMILES string of the molecule is O=C(NCC[C@H]1CCOC1)c1ccc(F)cc1Cl. The van der Waals surface area contributed by atoms with Crippen LogP contribution in [0.1, 0.15) is 23.2 Å². The molecule has 1 N–H and O–H groups in total. The smallest absolute Gasteiger partial charge is 0.252 e. The molecular formula is C13H15ClFNO2. The number of ether oxygens (including phenoxy) is 1. The molecule has 1 aliphatic heterocycles. The van der Waals surface area contributed by atoms with Gasteiger partial charge in [0.2, 0.25) is 0 Å². The van der Waals surface area contributed by atoms with Crippen LogP contribution in [0.5, 0.6) is 0 Å². The van der Waals surface area contributed by atoms with Gasteiger partial charge in [0.05, 0.1) is 10.6 Å². The Morgan fingerprint density at radius 1 is 1.56 bits per heavy atom. The van der Waals surface area contributed by atoms with Crippen LogP contribution in [0.4, 0.5) is 4.39 Å². The monoisotopic (exact) mass is 271 g/mol. The lowest BCUT2D eigenvalue weighted by Crippen LogP contribution is -2.26. The number of benzene rings is 1. The molecule has 0 unspecified atom stereocenters. The van der Waals surface area contributed by atoms with Gasteiger partial charge in [-0.3, -0.25) is 4.79 Å². The van der Waals surface area contributed by atoms with Crippen molar-refractivity contribution in [2.24, 2.45) is 5.92 Å². The molecule has 0 saturated carbocycles. The van der Waals surface area contributed by atoms with Crippen molar-refractivity contribution in [3.05, 3.63) is 34.6 Å². The predicted octanol–water partition coefficient (Wildman–Crippen LogP) is 2.64. The summed E-state index contributed by atoms with van der Waals surface area (Å²) in [5.41, 5.74) is 0.306. The van der Waals surface area contributed by atoms with Crippen LogP contribution in [0.2, 0.25) is 5.02 Å². The zero-order chi connectivity index (χ0) is 13.0. The maximum atomic E-state index is 12.8. The lowest BCUT2D eigenvalue weighted by atomic mass is 10.1. The Balaban J connectivity index is 1.83. The Hall–Kier alpha value is -1.13. The molecular weight excluding hydrogens is 257 g/mol. The fourth-order valence-corrected chi connectivity index (χ4v) is 2.22. The standard InChI is InChI=1S/C13H15ClFNO2/c14-12-7-10(15)1-2-11(12)13(17)16-5-3-9-4-6-18-8-9/h1-2,7,9H,3-6,8H2,(H,16,17)/t9-/m0/s1. The number of rotatable bonds is 4. The van der Waals surface area contributed by atoms with Gasteiger partial charge in [-0.25, -0.2) is 4.39 Å². The maximum absolute atomic E-state index is 12.8. The molecule has 1 fully saturated rings. The van der Waals surface area contributed by atoms with Gasteiger partial charge in [-0.2, -0.15) is 0 Å². The number of hydrogen-bond acceptors (Lipinski definition) is 2. The third-order valence-electron chi connectivity index (χ3n) is 3.04. The highest BCUT2D eigenvalue weighted by Gasteiger charge is 2.16. The summed E-state index contributed by atoms with van der Waals surface area (Å²) in [6, 6.07) is 3.76. The Bertz CT molecular complexity index is 433. The molecule has 18 heavy (non-hydrogen) atoms. The second kappa shape index (κ2) is 6.16. The highest BCUT2D eigenvalue weighted by Crippen LogP contribution is 2.18. The first-order valence-electron chi connectivity index (χ1n) is 5.98. The lowest BCUT2D eigenvalue weighted by molar-refractivity contribution is 0.0950. The average Bonchev–Trinajstić information content (AvgIpc) is 2.81. The van der Waals surface area contributed by atoms with Crippen molar-refractivity contribution < 1.29 is 13.9 Å². The third-order valence-corrected chi connectivity index (χ3v) is 3.35. The summed E-state index contributed by atoms with van der Waals surface area (Å²) in [5, 5.41) is 2.92. The molecule has 0 spiro atoms. The number of hydrogen-bond donors (Lipinski definition) is 1. The van der Waals surface area contributed by atoms with Gasteiger partial charge in [0.15, 0.2) is 0 Å². The number of carbonyl (C=O) groups is 1. The predicted molar refractivity (Wildman–Crippen MR) is 67.3 cm³/mol. The molecule has 2 rings (SSSR count). The first-order chi connectivity index (χ1) is 8.66. The van der Waals surface area contributed by atoms with Gasteiger partial charge in [0.1, 0.15) is 5.82 Å². The van der Waals surface area contributed by atoms with Crippen molar-refractivity contribution in [2.75, 3.05) is 19.8 Å². The molecule has 1 amide bonds. The van der Waals surface area contributed by atoms with E-state index in [0.717, 1.165) is 32.1 Å². The van der Waals surface area contributed by atoms with Crippen LogP contribution in [0.25, 0.3) is 0 Å². The van der Waals surface area contributed by atoms with E-state index in [1.165, 1.54) is 12.1 Å². The Labute approximate surface area is 110 Å². The summed E-state index contributed by atoms with van der Waals surface area (Å²) in [7, 11) is 0. The molecule has 0 bridgehead atoms. The van der Waals surface area contributed by atoms with Crippen molar-refractivity contribution >= 4 is 17.5 Å². The fraction of sp³-hybridized carbons (Fsp3) is 0.462. The first kappa shape index (κ1) is 13.3. The van der Waals surface area contributed by atoms with Crippen molar-refractivity contribution in [1.82, 2.24) is 5.32 Å². The fourth-order valence-electron chi connectivity index (χ4n) is 1.97. The topological polar surface area (TPSA) is 38.3 Å². The summed E-state index contributed by atoms with van der Waals surface area (Å²) in [6.07, 6.45) is 1.94. The number of amides is 1. The van der Waals surface area contributed by atoms with E-state index in [1.807, 2.05) is 0 Å². The van der Waals surface area contributed by atoms with Crippen molar-refractivity contribution in [3.8, 4) is 0 Å². The Morgan fingerprint density at radius 2 is 2.39 bits per heavy atom. The van der Waals surface area contributed by atoms with Crippen molar-refractivity contribution in [1.29, 1.82) is 0 Å². The van der Waals surface area contributed by atoms with Crippen LogP contribution < -0.4 is 5.32 Å². The van der Waals surface area contributed by atoms with Crippen LogP contribution >= 0.6 is 11.6 Å². The van der Waals surface area contributed by atoms with Gasteiger partial charge in [0.25, 0.3) is 5.91 Å². The zero-order valence-corrected chi connectivity index (χ0v) is 10.7. The minimum atomic E-state index is -0.445. The van der Waals surface area contributed by atoms with E-state index >= 15 is 0 Å². The molecule has 1 atom stereocenters. The summed E-state index contributed by atoms with van der Waals surface area (Å²) >= 11 is 5.81. The molecule has 5 heteroatoms. The van der Waals surface area contributed by atoms with Gasteiger partial charge >= 0.3 is 0 Å². The van der Waals surface area contributed by atoms with E-state index in [9.17, 15) is 9.18 Å². The van der Waals surface area contributed by atoms with E-state index < -0.39 is 5.82 Å². The molecule has 0 aromatic heterocycles. The molecule has 1 aromatic carbocycles. The lowest BCUT2D eigenvalue weighted by Gasteiger charge is -2.09. The van der Waals surface area contributed by atoms with Gasteiger partial charge in [-0.05, 0) is 37.0 Å². The highest BCUT2D eigenvalue weighted by molar-refractivity contribution is 6.33. The van der Waals surface area contributed by atoms with Crippen LogP contribution in [-0.4, -0.2) is 25.7 Å². The van der Waals surface area contributed by atoms with Gasteiger partial charge < -0.3 is 10.1 Å². The van der Waals surface area contributed by atoms with Crippen molar-refractivity contribution in [2.45, 2.75) is 12.8 Å². The molecule has 1 saturated heterocycles. The Morgan fingerprint density at radius 3 is 3.06 bits per heavy atom. The summed E-state index contributed by atoms with van der Waals surface area (Å²) in [5.74, 6) is -0.187. The largest absolute Gasteiger partial charge is 0.381 e. The van der Waals surface area contributed by atoms with Crippen LogP contribution in [0, 0.1) is 11.7 Å². The van der Waals surface area contributed by atoms with E-state index in [4.69, 9.17) is 16.3 Å². The molecule has 0 aliphatic carbocycles. The third kappa shape index (κ3) is 3.43. The molecule has 1 aromatic rings. The maximum Gasteiger partial charge on any atom is 0.252 e. The van der Waals surface area contributed by atoms with E-state index in [0.29, 0.717) is 18.0 Å². The van der Waals surface area contributed by atoms with Gasteiger partial charge in [0, 0.05) is 19.8 Å². The summed E-state index contributed by atoms with van der Waals surface area (Å²) in [6.45, 7) is 2.16. The van der Waals surface area contributed by atoms with E-state index in [1.54, 1.807) is 0 Å². The quantitative estimate of drug-likeness (QED) is 0.914. The van der Waals surface area contributed by atoms with Crippen LogP contribution in [-0.2, 0) is 4.74 Å². The molecule has 3 nitrogen and oxygen atoms in total. The average molecular weight is 272 g/mol. The minimum absolute atomic E-state index is 0.136. The second-order valence-electron chi connectivity index (χ2n) is 4.40. The normalized spacial score (nSPS) is 18.9. The van der Waals surface area contributed by atoms with Crippen LogP contribution in [0.15, 0.2) is 18.2 Å². The number of halogens is 2. The van der Waals surface area contributed by atoms with Gasteiger partial charge in [-0.15, -0.1) is 0 Å². The molecule has 1 aliphatic rings. The highest BCUT2D eigenvalue weighted by atomic mass is 35.5. The second-order valence-corrected chi connectivity index (χ2v) is 4.81. The molecule has 1 heterocycles. The van der Waals surface area contributed by atoms with E-state index in [-0.39, 0.29) is 10.9 Å². The van der Waals surface area contributed by atoms with Crippen LogP contribution in [0.3, 0.4) is 0 Å². The van der Waals surface area contributed by atoms with E-state index in [2.05, 4.69) is 5.32 Å².